The Kier molecular flexibility index (Phi) is 5.35. The van der Waals surface area contributed by atoms with Gasteiger partial charge in [0.1, 0.15) is 19.0 Å². The Hall–Kier alpha value is -2.32. The number of rotatable bonds is 5. The zero-order valence-corrected chi connectivity index (χ0v) is 12.3. The molecule has 0 spiro atoms. The number of pyridine rings is 1. The number of nitrogens with zero attached hydrogens (tertiary/aromatic N) is 3. The third-order valence-electron chi connectivity index (χ3n) is 2.99. The quantitative estimate of drug-likeness (QED) is 0.851. The summed E-state index contributed by atoms with van der Waals surface area (Å²) in [6, 6.07) is 3.87. The first-order valence-electron chi connectivity index (χ1n) is 7.00. The molecule has 0 aliphatic heterocycles. The van der Waals surface area contributed by atoms with Gasteiger partial charge in [0.2, 0.25) is 0 Å². The lowest BCUT2D eigenvalue weighted by Gasteiger charge is -2.07. The Morgan fingerprint density at radius 3 is 2.86 bits per heavy atom. The highest BCUT2D eigenvalue weighted by Crippen LogP contribution is 2.14. The van der Waals surface area contributed by atoms with Crippen LogP contribution in [-0.4, -0.2) is 26.5 Å². The molecule has 5 nitrogen and oxygen atoms in total. The molecule has 5 heteroatoms. The van der Waals surface area contributed by atoms with E-state index in [0.29, 0.717) is 12.4 Å². The van der Waals surface area contributed by atoms with E-state index in [1.165, 1.54) is 0 Å². The summed E-state index contributed by atoms with van der Waals surface area (Å²) in [5.41, 5.74) is 2.83. The average Bonchev–Trinajstić information content (AvgIpc) is 2.94. The molecule has 2 rings (SSSR count). The minimum atomic E-state index is -0.166. The molecule has 2 heterocycles. The van der Waals surface area contributed by atoms with Crippen LogP contribution in [0.5, 0.6) is 5.75 Å². The zero-order chi connectivity index (χ0) is 15.1. The molecule has 0 saturated carbocycles. The number of hydrogen-bond donors (Lipinski definition) is 1. The summed E-state index contributed by atoms with van der Waals surface area (Å²) in [4.78, 5) is 4.08. The van der Waals surface area contributed by atoms with Crippen LogP contribution in [-0.2, 0) is 19.6 Å². The molecule has 21 heavy (non-hydrogen) atoms. The number of aliphatic hydroxyl groups excluding tert-OH is 1. The van der Waals surface area contributed by atoms with Crippen molar-refractivity contribution in [2.24, 2.45) is 0 Å². The van der Waals surface area contributed by atoms with E-state index >= 15 is 0 Å². The van der Waals surface area contributed by atoms with E-state index in [1.807, 2.05) is 10.7 Å². The minimum absolute atomic E-state index is 0.166. The second-order valence-electron chi connectivity index (χ2n) is 4.45. The van der Waals surface area contributed by atoms with Crippen LogP contribution in [0.25, 0.3) is 0 Å². The predicted molar refractivity (Wildman–Crippen MR) is 79.8 cm³/mol. The van der Waals surface area contributed by atoms with Gasteiger partial charge in [0, 0.05) is 18.3 Å². The molecular formula is C16H19N3O2. The van der Waals surface area contributed by atoms with Crippen LogP contribution < -0.4 is 4.74 Å². The van der Waals surface area contributed by atoms with Crippen molar-refractivity contribution in [1.29, 1.82) is 0 Å². The average molecular weight is 285 g/mol. The van der Waals surface area contributed by atoms with Gasteiger partial charge in [-0.25, -0.2) is 0 Å². The normalized spacial score (nSPS) is 10.0. The lowest BCUT2D eigenvalue weighted by molar-refractivity contribution is 0.291. The van der Waals surface area contributed by atoms with Crippen LogP contribution in [0.15, 0.2) is 24.5 Å². The SMILES string of the molecule is CCc1cc(COc2cncc(C#CCO)c2)n(CC)n1. The number of aromatic nitrogens is 3. The van der Waals surface area contributed by atoms with Gasteiger partial charge >= 0.3 is 0 Å². The molecule has 2 aromatic rings. The number of aliphatic hydroxyl groups is 1. The van der Waals surface area contributed by atoms with Crippen molar-refractivity contribution in [1.82, 2.24) is 14.8 Å². The topological polar surface area (TPSA) is 60.2 Å². The second kappa shape index (κ2) is 7.46. The summed E-state index contributed by atoms with van der Waals surface area (Å²) in [6.07, 6.45) is 4.20. The third kappa shape index (κ3) is 4.07. The van der Waals surface area contributed by atoms with Crippen LogP contribution >= 0.6 is 0 Å². The van der Waals surface area contributed by atoms with Crippen molar-refractivity contribution in [3.05, 3.63) is 41.5 Å². The van der Waals surface area contributed by atoms with Crippen molar-refractivity contribution in [3.63, 3.8) is 0 Å². The molecule has 0 atom stereocenters. The molecule has 2 aromatic heterocycles. The standard InChI is InChI=1S/C16H19N3O2/c1-3-14-9-15(19(4-2)18-14)12-21-16-8-13(6-5-7-20)10-17-11-16/h8-11,20H,3-4,7,12H2,1-2H3. The van der Waals surface area contributed by atoms with Crippen molar-refractivity contribution in [2.75, 3.05) is 6.61 Å². The third-order valence-corrected chi connectivity index (χ3v) is 2.99. The van der Waals surface area contributed by atoms with E-state index in [2.05, 4.69) is 41.8 Å². The maximum absolute atomic E-state index is 8.70. The Morgan fingerprint density at radius 1 is 1.29 bits per heavy atom. The molecule has 110 valence electrons. The van der Waals surface area contributed by atoms with Crippen LogP contribution in [0.1, 0.15) is 30.8 Å². The molecule has 0 amide bonds. The highest BCUT2D eigenvalue weighted by Gasteiger charge is 2.06. The van der Waals surface area contributed by atoms with Gasteiger partial charge in [-0.2, -0.15) is 5.10 Å². The van der Waals surface area contributed by atoms with Crippen LogP contribution in [0, 0.1) is 11.8 Å². The minimum Gasteiger partial charge on any atom is -0.486 e. The summed E-state index contributed by atoms with van der Waals surface area (Å²) >= 11 is 0. The summed E-state index contributed by atoms with van der Waals surface area (Å²) in [6.45, 7) is 5.24. The molecule has 0 fully saturated rings. The van der Waals surface area contributed by atoms with Crippen molar-refractivity contribution in [3.8, 4) is 17.6 Å². The van der Waals surface area contributed by atoms with E-state index in [-0.39, 0.29) is 6.61 Å². The highest BCUT2D eigenvalue weighted by atomic mass is 16.5. The van der Waals surface area contributed by atoms with Crippen molar-refractivity contribution in [2.45, 2.75) is 33.4 Å². The summed E-state index contributed by atoms with van der Waals surface area (Å²) in [5.74, 6) is 6.05. The fraction of sp³-hybridized carbons (Fsp3) is 0.375. The van der Waals surface area contributed by atoms with Crippen molar-refractivity contribution >= 4 is 0 Å². The number of ether oxygens (including phenoxy) is 1. The summed E-state index contributed by atoms with van der Waals surface area (Å²) in [7, 11) is 0. The van der Waals surface area contributed by atoms with Gasteiger partial charge in [-0.05, 0) is 25.5 Å². The Balaban J connectivity index is 2.07. The smallest absolute Gasteiger partial charge is 0.139 e. The first-order chi connectivity index (χ1) is 10.3. The first kappa shape index (κ1) is 15.1. The van der Waals surface area contributed by atoms with E-state index in [9.17, 15) is 0 Å². The van der Waals surface area contributed by atoms with E-state index in [0.717, 1.165) is 29.9 Å². The molecule has 0 aliphatic rings. The van der Waals surface area contributed by atoms with Gasteiger partial charge in [-0.3, -0.25) is 9.67 Å². The Labute approximate surface area is 124 Å². The molecule has 0 radical (unpaired) electrons. The monoisotopic (exact) mass is 285 g/mol. The van der Waals surface area contributed by atoms with Gasteiger partial charge in [0.15, 0.2) is 0 Å². The Bertz CT molecular complexity index is 653. The van der Waals surface area contributed by atoms with Crippen LogP contribution in [0.2, 0.25) is 0 Å². The van der Waals surface area contributed by atoms with Gasteiger partial charge in [0.25, 0.3) is 0 Å². The lowest BCUT2D eigenvalue weighted by Crippen LogP contribution is -2.06. The molecule has 0 saturated heterocycles. The largest absolute Gasteiger partial charge is 0.486 e. The number of aryl methyl sites for hydroxylation is 2. The van der Waals surface area contributed by atoms with Crippen molar-refractivity contribution < 1.29 is 9.84 Å². The summed E-state index contributed by atoms with van der Waals surface area (Å²) in [5, 5.41) is 13.2. The lowest BCUT2D eigenvalue weighted by atomic mass is 10.3. The van der Waals surface area contributed by atoms with Gasteiger partial charge < -0.3 is 9.84 Å². The van der Waals surface area contributed by atoms with E-state index in [1.54, 1.807) is 12.4 Å². The number of hydrogen-bond acceptors (Lipinski definition) is 4. The molecule has 0 unspecified atom stereocenters. The van der Waals surface area contributed by atoms with Crippen LogP contribution in [0.4, 0.5) is 0 Å². The fourth-order valence-electron chi connectivity index (χ4n) is 1.94. The Morgan fingerprint density at radius 2 is 2.14 bits per heavy atom. The maximum atomic E-state index is 8.70. The first-order valence-corrected chi connectivity index (χ1v) is 7.00. The van der Waals surface area contributed by atoms with E-state index in [4.69, 9.17) is 9.84 Å². The van der Waals surface area contributed by atoms with Gasteiger partial charge in [0.05, 0.1) is 17.6 Å². The molecule has 0 aromatic carbocycles. The molecular weight excluding hydrogens is 266 g/mol. The second-order valence-corrected chi connectivity index (χ2v) is 4.45. The van der Waals surface area contributed by atoms with Gasteiger partial charge in [-0.15, -0.1) is 0 Å². The predicted octanol–water partition coefficient (Wildman–Crippen LogP) is 1.78. The molecule has 1 N–H and O–H groups in total. The van der Waals surface area contributed by atoms with E-state index < -0.39 is 0 Å². The summed E-state index contributed by atoms with van der Waals surface area (Å²) < 4.78 is 7.71. The highest BCUT2D eigenvalue weighted by molar-refractivity contribution is 5.36. The fourth-order valence-corrected chi connectivity index (χ4v) is 1.94. The molecule has 0 bridgehead atoms. The molecule has 0 aliphatic carbocycles. The van der Waals surface area contributed by atoms with Gasteiger partial charge in [-0.1, -0.05) is 18.8 Å². The maximum Gasteiger partial charge on any atom is 0.139 e. The zero-order valence-electron chi connectivity index (χ0n) is 12.3. The van der Waals surface area contributed by atoms with Crippen LogP contribution in [0.3, 0.4) is 0 Å².